The lowest BCUT2D eigenvalue weighted by Gasteiger charge is -2.27. The highest BCUT2D eigenvalue weighted by molar-refractivity contribution is 5.94. The van der Waals surface area contributed by atoms with Gasteiger partial charge < -0.3 is 4.90 Å². The normalized spacial score (nSPS) is 13.5. The van der Waals surface area contributed by atoms with Gasteiger partial charge in [-0.15, -0.1) is 0 Å². The third kappa shape index (κ3) is 3.94. The molecule has 0 saturated carbocycles. The molecular formula is C19H23NO. The van der Waals surface area contributed by atoms with Gasteiger partial charge in [-0.3, -0.25) is 4.79 Å². The molecule has 2 rings (SSSR count). The van der Waals surface area contributed by atoms with Crippen molar-refractivity contribution in [1.82, 2.24) is 4.90 Å². The van der Waals surface area contributed by atoms with Crippen LogP contribution in [0, 0.1) is 0 Å². The Kier molecular flexibility index (Phi) is 5.15. The molecule has 0 aliphatic heterocycles. The van der Waals surface area contributed by atoms with E-state index >= 15 is 0 Å². The molecule has 2 aromatic rings. The maximum absolute atomic E-state index is 12.4. The number of amides is 1. The Bertz CT molecular complexity index is 565. The van der Waals surface area contributed by atoms with Gasteiger partial charge in [0.2, 0.25) is 0 Å². The smallest absolute Gasteiger partial charge is 0.253 e. The Hall–Kier alpha value is -2.09. The summed E-state index contributed by atoms with van der Waals surface area (Å²) in [5, 5.41) is 0. The van der Waals surface area contributed by atoms with Gasteiger partial charge in [-0.2, -0.15) is 0 Å². The minimum absolute atomic E-state index is 0.0864. The SMILES string of the molecule is CC(CC(C)N(C)C(=O)c1ccccc1)c1ccccc1. The summed E-state index contributed by atoms with van der Waals surface area (Å²) in [6.07, 6.45) is 0.957. The Morgan fingerprint density at radius 3 is 2.05 bits per heavy atom. The van der Waals surface area contributed by atoms with Crippen molar-refractivity contribution >= 4 is 5.91 Å². The average molecular weight is 281 g/mol. The standard InChI is InChI=1S/C19H23NO/c1-15(17-10-6-4-7-11-17)14-16(2)20(3)19(21)18-12-8-5-9-13-18/h4-13,15-16H,14H2,1-3H3. The molecule has 0 spiro atoms. The van der Waals surface area contributed by atoms with Crippen LogP contribution in [0.4, 0.5) is 0 Å². The van der Waals surface area contributed by atoms with Gasteiger partial charge in [0.05, 0.1) is 0 Å². The lowest BCUT2D eigenvalue weighted by molar-refractivity contribution is 0.0733. The van der Waals surface area contributed by atoms with Crippen LogP contribution in [-0.4, -0.2) is 23.9 Å². The summed E-state index contributed by atoms with van der Waals surface area (Å²) in [6, 6.07) is 20.1. The highest BCUT2D eigenvalue weighted by Crippen LogP contribution is 2.22. The van der Waals surface area contributed by atoms with Crippen molar-refractivity contribution in [3.63, 3.8) is 0 Å². The van der Waals surface area contributed by atoms with Gasteiger partial charge >= 0.3 is 0 Å². The van der Waals surface area contributed by atoms with Crippen molar-refractivity contribution in [3.8, 4) is 0 Å². The molecule has 2 unspecified atom stereocenters. The zero-order valence-corrected chi connectivity index (χ0v) is 13.0. The van der Waals surface area contributed by atoms with Crippen LogP contribution in [0.5, 0.6) is 0 Å². The van der Waals surface area contributed by atoms with Crippen LogP contribution < -0.4 is 0 Å². The summed E-state index contributed by atoms with van der Waals surface area (Å²) in [4.78, 5) is 14.3. The first-order valence-electron chi connectivity index (χ1n) is 7.46. The van der Waals surface area contributed by atoms with Gasteiger partial charge in [-0.25, -0.2) is 0 Å². The van der Waals surface area contributed by atoms with Gasteiger partial charge in [0.15, 0.2) is 0 Å². The summed E-state index contributed by atoms with van der Waals surface area (Å²) in [5.41, 5.74) is 2.07. The molecule has 2 heteroatoms. The Morgan fingerprint density at radius 1 is 0.952 bits per heavy atom. The largest absolute Gasteiger partial charge is 0.339 e. The lowest BCUT2D eigenvalue weighted by Crippen LogP contribution is -2.35. The summed E-state index contributed by atoms with van der Waals surface area (Å²) >= 11 is 0. The highest BCUT2D eigenvalue weighted by atomic mass is 16.2. The zero-order chi connectivity index (χ0) is 15.2. The van der Waals surface area contributed by atoms with E-state index in [1.165, 1.54) is 5.56 Å². The van der Waals surface area contributed by atoms with E-state index in [9.17, 15) is 4.79 Å². The fourth-order valence-corrected chi connectivity index (χ4v) is 2.57. The Labute approximate surface area is 127 Å². The van der Waals surface area contributed by atoms with Crippen molar-refractivity contribution in [2.45, 2.75) is 32.2 Å². The zero-order valence-electron chi connectivity index (χ0n) is 13.0. The van der Waals surface area contributed by atoms with E-state index < -0.39 is 0 Å². The van der Waals surface area contributed by atoms with Crippen LogP contribution in [0.2, 0.25) is 0 Å². The maximum Gasteiger partial charge on any atom is 0.253 e. The number of carbonyl (C=O) groups excluding carboxylic acids is 1. The van der Waals surface area contributed by atoms with E-state index in [1.807, 2.05) is 48.3 Å². The Balaban J connectivity index is 2.00. The molecule has 1 amide bonds. The second kappa shape index (κ2) is 7.07. The van der Waals surface area contributed by atoms with Crippen LogP contribution in [0.1, 0.15) is 42.1 Å². The summed E-state index contributed by atoms with van der Waals surface area (Å²) < 4.78 is 0. The second-order valence-corrected chi connectivity index (χ2v) is 5.68. The van der Waals surface area contributed by atoms with Gasteiger partial charge in [-0.05, 0) is 37.0 Å². The molecule has 0 N–H and O–H groups in total. The number of carbonyl (C=O) groups is 1. The number of nitrogens with zero attached hydrogens (tertiary/aromatic N) is 1. The number of rotatable bonds is 5. The molecular weight excluding hydrogens is 258 g/mol. The molecule has 0 aliphatic carbocycles. The van der Waals surface area contributed by atoms with Crippen LogP contribution in [-0.2, 0) is 0 Å². The van der Waals surface area contributed by atoms with Gasteiger partial charge in [0.25, 0.3) is 5.91 Å². The van der Waals surface area contributed by atoms with Crippen molar-refractivity contribution < 1.29 is 4.79 Å². The molecule has 0 radical (unpaired) electrons. The molecule has 0 bridgehead atoms. The van der Waals surface area contributed by atoms with Crippen molar-refractivity contribution in [3.05, 3.63) is 71.8 Å². The van der Waals surface area contributed by atoms with Crippen molar-refractivity contribution in [2.75, 3.05) is 7.05 Å². The fraction of sp³-hybridized carbons (Fsp3) is 0.316. The van der Waals surface area contributed by atoms with E-state index in [-0.39, 0.29) is 11.9 Å². The first-order chi connectivity index (χ1) is 10.1. The van der Waals surface area contributed by atoms with Crippen molar-refractivity contribution in [1.29, 1.82) is 0 Å². The van der Waals surface area contributed by atoms with E-state index in [1.54, 1.807) is 0 Å². The van der Waals surface area contributed by atoms with Crippen molar-refractivity contribution in [2.24, 2.45) is 0 Å². The van der Waals surface area contributed by atoms with Crippen LogP contribution in [0.3, 0.4) is 0 Å². The van der Waals surface area contributed by atoms with Gasteiger partial charge in [0.1, 0.15) is 0 Å². The minimum atomic E-state index is 0.0864. The fourth-order valence-electron chi connectivity index (χ4n) is 2.57. The third-order valence-electron chi connectivity index (χ3n) is 4.07. The molecule has 2 aromatic carbocycles. The van der Waals surface area contributed by atoms with E-state index in [0.717, 1.165) is 12.0 Å². The molecule has 0 saturated heterocycles. The third-order valence-corrected chi connectivity index (χ3v) is 4.07. The molecule has 2 atom stereocenters. The molecule has 0 heterocycles. The maximum atomic E-state index is 12.4. The van der Waals surface area contributed by atoms with Crippen LogP contribution in [0.15, 0.2) is 60.7 Å². The second-order valence-electron chi connectivity index (χ2n) is 5.68. The Morgan fingerprint density at radius 2 is 1.48 bits per heavy atom. The average Bonchev–Trinajstić information content (AvgIpc) is 2.55. The first kappa shape index (κ1) is 15.3. The number of hydrogen-bond acceptors (Lipinski definition) is 1. The molecule has 0 aromatic heterocycles. The van der Waals surface area contributed by atoms with Crippen LogP contribution in [0.25, 0.3) is 0 Å². The molecule has 0 fully saturated rings. The quantitative estimate of drug-likeness (QED) is 0.798. The van der Waals surface area contributed by atoms with Crippen LogP contribution >= 0.6 is 0 Å². The lowest BCUT2D eigenvalue weighted by atomic mass is 9.94. The molecule has 2 nitrogen and oxygen atoms in total. The van der Waals surface area contributed by atoms with E-state index in [4.69, 9.17) is 0 Å². The topological polar surface area (TPSA) is 20.3 Å². The first-order valence-corrected chi connectivity index (χ1v) is 7.46. The minimum Gasteiger partial charge on any atom is -0.339 e. The highest BCUT2D eigenvalue weighted by Gasteiger charge is 2.19. The van der Waals surface area contributed by atoms with E-state index in [2.05, 4.69) is 38.1 Å². The molecule has 21 heavy (non-hydrogen) atoms. The molecule has 110 valence electrons. The van der Waals surface area contributed by atoms with Gasteiger partial charge in [0, 0.05) is 18.7 Å². The molecule has 0 aliphatic rings. The predicted octanol–water partition coefficient (Wildman–Crippen LogP) is 4.34. The number of benzene rings is 2. The summed E-state index contributed by atoms with van der Waals surface area (Å²) in [7, 11) is 1.89. The number of hydrogen-bond donors (Lipinski definition) is 0. The summed E-state index contributed by atoms with van der Waals surface area (Å²) in [5.74, 6) is 0.524. The van der Waals surface area contributed by atoms with E-state index in [0.29, 0.717) is 5.92 Å². The predicted molar refractivity (Wildman–Crippen MR) is 87.5 cm³/mol. The monoisotopic (exact) mass is 281 g/mol. The van der Waals surface area contributed by atoms with Gasteiger partial charge in [-0.1, -0.05) is 55.5 Å². The summed E-state index contributed by atoms with van der Waals surface area (Å²) in [6.45, 7) is 4.33.